The molecule has 1 fully saturated rings. The molecule has 1 aliphatic rings. The van der Waals surface area contributed by atoms with Gasteiger partial charge in [-0.3, -0.25) is 4.79 Å². The molecule has 0 saturated carbocycles. The third-order valence-electron chi connectivity index (χ3n) is 4.15. The smallest absolute Gasteiger partial charge is 0.243 e. The summed E-state index contributed by atoms with van der Waals surface area (Å²) in [5, 5.41) is 0. The van der Waals surface area contributed by atoms with Crippen LogP contribution in [0, 0.1) is 5.82 Å². The number of hydrogen-bond donors (Lipinski definition) is 0. The van der Waals surface area contributed by atoms with Gasteiger partial charge in [0.25, 0.3) is 0 Å². The summed E-state index contributed by atoms with van der Waals surface area (Å²) in [5.41, 5.74) is 0. The third-order valence-corrected chi connectivity index (χ3v) is 7.06. The molecule has 3 rings (SSSR count). The summed E-state index contributed by atoms with van der Waals surface area (Å²) in [6, 6.07) is 14.5. The van der Waals surface area contributed by atoms with Gasteiger partial charge in [-0.2, -0.15) is 4.31 Å². The molecular weight excluding hydrogens is 375 g/mol. The van der Waals surface area contributed by atoms with Crippen molar-refractivity contribution in [2.75, 3.05) is 31.9 Å². The van der Waals surface area contributed by atoms with Crippen molar-refractivity contribution in [3.8, 4) is 0 Å². The van der Waals surface area contributed by atoms with Gasteiger partial charge in [0.1, 0.15) is 5.82 Å². The van der Waals surface area contributed by atoms with Crippen molar-refractivity contribution in [1.29, 1.82) is 0 Å². The molecular formula is C18H19FN2O3S2. The lowest BCUT2D eigenvalue weighted by Crippen LogP contribution is -2.50. The average Bonchev–Trinajstić information content (AvgIpc) is 2.67. The minimum atomic E-state index is -3.66. The first-order chi connectivity index (χ1) is 12.5. The molecule has 26 heavy (non-hydrogen) atoms. The summed E-state index contributed by atoms with van der Waals surface area (Å²) < 4.78 is 39.5. The van der Waals surface area contributed by atoms with Crippen LogP contribution in [0.15, 0.2) is 64.4 Å². The van der Waals surface area contributed by atoms with Crippen molar-refractivity contribution in [2.45, 2.75) is 9.79 Å². The van der Waals surface area contributed by atoms with Crippen LogP contribution in [0.25, 0.3) is 0 Å². The molecule has 0 bridgehead atoms. The summed E-state index contributed by atoms with van der Waals surface area (Å²) in [6.45, 7) is 1.19. The predicted molar refractivity (Wildman–Crippen MR) is 98.9 cm³/mol. The number of amides is 1. The number of carbonyl (C=O) groups is 1. The SMILES string of the molecule is O=C(CSc1ccccc1)N1CCN(S(=O)(=O)c2ccc(F)cc2)CC1. The number of rotatable bonds is 5. The normalized spacial score (nSPS) is 15.8. The molecule has 0 atom stereocenters. The van der Waals surface area contributed by atoms with Crippen LogP contribution < -0.4 is 0 Å². The van der Waals surface area contributed by atoms with Gasteiger partial charge < -0.3 is 4.90 Å². The van der Waals surface area contributed by atoms with E-state index in [-0.39, 0.29) is 23.9 Å². The number of piperazine rings is 1. The Bertz CT molecular complexity index is 850. The molecule has 138 valence electrons. The summed E-state index contributed by atoms with van der Waals surface area (Å²) in [4.78, 5) is 15.1. The Hall–Kier alpha value is -1.90. The van der Waals surface area contributed by atoms with Crippen LogP contribution in [0.3, 0.4) is 0 Å². The molecule has 1 aliphatic heterocycles. The lowest BCUT2D eigenvalue weighted by atomic mass is 10.3. The van der Waals surface area contributed by atoms with E-state index in [0.29, 0.717) is 18.8 Å². The van der Waals surface area contributed by atoms with Crippen LogP contribution in [-0.2, 0) is 14.8 Å². The molecule has 2 aromatic rings. The first-order valence-corrected chi connectivity index (χ1v) is 10.6. The largest absolute Gasteiger partial charge is 0.339 e. The number of carbonyl (C=O) groups excluding carboxylic acids is 1. The van der Waals surface area contributed by atoms with Gasteiger partial charge in [-0.25, -0.2) is 12.8 Å². The first kappa shape index (κ1) is 18.9. The van der Waals surface area contributed by atoms with Crippen molar-refractivity contribution in [3.63, 3.8) is 0 Å². The fraction of sp³-hybridized carbons (Fsp3) is 0.278. The van der Waals surface area contributed by atoms with Crippen LogP contribution in [-0.4, -0.2) is 55.5 Å². The Balaban J connectivity index is 1.55. The second-order valence-electron chi connectivity index (χ2n) is 5.84. The molecule has 0 unspecified atom stereocenters. The summed E-state index contributed by atoms with van der Waals surface area (Å²) >= 11 is 1.47. The van der Waals surface area contributed by atoms with Crippen LogP contribution in [0.4, 0.5) is 4.39 Å². The number of sulfonamides is 1. The van der Waals surface area contributed by atoms with E-state index in [0.717, 1.165) is 17.0 Å². The second kappa shape index (κ2) is 8.20. The van der Waals surface area contributed by atoms with Gasteiger partial charge in [-0.15, -0.1) is 11.8 Å². The fourth-order valence-corrected chi connectivity index (χ4v) is 4.93. The maximum Gasteiger partial charge on any atom is 0.243 e. The quantitative estimate of drug-likeness (QED) is 0.731. The molecule has 0 N–H and O–H groups in total. The molecule has 2 aromatic carbocycles. The third kappa shape index (κ3) is 4.44. The highest BCUT2D eigenvalue weighted by molar-refractivity contribution is 8.00. The van der Waals surface area contributed by atoms with E-state index >= 15 is 0 Å². The molecule has 1 heterocycles. The minimum absolute atomic E-state index is 0.00215. The van der Waals surface area contributed by atoms with Gasteiger partial charge in [-0.1, -0.05) is 18.2 Å². The molecule has 1 saturated heterocycles. The highest BCUT2D eigenvalue weighted by atomic mass is 32.2. The summed E-state index contributed by atoms with van der Waals surface area (Å²) in [7, 11) is -3.66. The van der Waals surface area contributed by atoms with Gasteiger partial charge in [0, 0.05) is 31.1 Å². The van der Waals surface area contributed by atoms with Gasteiger partial charge in [0.2, 0.25) is 15.9 Å². The van der Waals surface area contributed by atoms with E-state index < -0.39 is 15.8 Å². The lowest BCUT2D eigenvalue weighted by molar-refractivity contribution is -0.129. The standard InChI is InChI=1S/C18H19FN2O3S2/c19-15-6-8-17(9-7-15)26(23,24)21-12-10-20(11-13-21)18(22)14-25-16-4-2-1-3-5-16/h1-9H,10-14H2. The van der Waals surface area contributed by atoms with Crippen LogP contribution in [0.1, 0.15) is 0 Å². The van der Waals surface area contributed by atoms with Gasteiger partial charge >= 0.3 is 0 Å². The number of thioether (sulfide) groups is 1. The van der Waals surface area contributed by atoms with E-state index in [2.05, 4.69) is 0 Å². The zero-order valence-corrected chi connectivity index (χ0v) is 15.7. The average molecular weight is 394 g/mol. The second-order valence-corrected chi connectivity index (χ2v) is 8.83. The van der Waals surface area contributed by atoms with E-state index in [1.807, 2.05) is 30.3 Å². The molecule has 8 heteroatoms. The Kier molecular flexibility index (Phi) is 5.95. The highest BCUT2D eigenvalue weighted by Crippen LogP contribution is 2.20. The van der Waals surface area contributed by atoms with Crippen molar-refractivity contribution < 1.29 is 17.6 Å². The molecule has 0 spiro atoms. The number of nitrogens with zero attached hydrogens (tertiary/aromatic N) is 2. The number of halogens is 1. The molecule has 0 radical (unpaired) electrons. The zero-order chi connectivity index (χ0) is 18.6. The molecule has 1 amide bonds. The lowest BCUT2D eigenvalue weighted by Gasteiger charge is -2.34. The molecule has 0 aromatic heterocycles. The molecule has 5 nitrogen and oxygen atoms in total. The van der Waals surface area contributed by atoms with Crippen LogP contribution in [0.2, 0.25) is 0 Å². The summed E-state index contributed by atoms with van der Waals surface area (Å²) in [5.74, 6) is -0.151. The zero-order valence-electron chi connectivity index (χ0n) is 14.0. The van der Waals surface area contributed by atoms with E-state index in [9.17, 15) is 17.6 Å². The Morgan fingerprint density at radius 2 is 1.58 bits per heavy atom. The van der Waals surface area contributed by atoms with Crippen molar-refractivity contribution in [3.05, 3.63) is 60.4 Å². The van der Waals surface area contributed by atoms with E-state index in [1.165, 1.54) is 28.2 Å². The van der Waals surface area contributed by atoms with Crippen molar-refractivity contribution >= 4 is 27.7 Å². The maximum atomic E-state index is 13.0. The van der Waals surface area contributed by atoms with Crippen LogP contribution in [0.5, 0.6) is 0 Å². The molecule has 0 aliphatic carbocycles. The number of benzene rings is 2. The van der Waals surface area contributed by atoms with Gasteiger partial charge in [0.15, 0.2) is 0 Å². The van der Waals surface area contributed by atoms with Gasteiger partial charge in [0.05, 0.1) is 10.6 Å². The Morgan fingerprint density at radius 3 is 2.19 bits per heavy atom. The van der Waals surface area contributed by atoms with Crippen LogP contribution >= 0.6 is 11.8 Å². The summed E-state index contributed by atoms with van der Waals surface area (Å²) in [6.07, 6.45) is 0. The Morgan fingerprint density at radius 1 is 0.962 bits per heavy atom. The van der Waals surface area contributed by atoms with E-state index in [1.54, 1.807) is 4.90 Å². The van der Waals surface area contributed by atoms with Crippen molar-refractivity contribution in [1.82, 2.24) is 9.21 Å². The highest BCUT2D eigenvalue weighted by Gasteiger charge is 2.30. The maximum absolute atomic E-state index is 13.0. The van der Waals surface area contributed by atoms with E-state index in [4.69, 9.17) is 0 Å². The monoisotopic (exact) mass is 394 g/mol. The first-order valence-electron chi connectivity index (χ1n) is 8.18. The minimum Gasteiger partial charge on any atom is -0.339 e. The number of hydrogen-bond acceptors (Lipinski definition) is 4. The topological polar surface area (TPSA) is 57.7 Å². The Labute approximate surface area is 156 Å². The van der Waals surface area contributed by atoms with Gasteiger partial charge in [-0.05, 0) is 36.4 Å². The fourth-order valence-electron chi connectivity index (χ4n) is 2.69. The predicted octanol–water partition coefficient (Wildman–Crippen LogP) is 2.45. The van der Waals surface area contributed by atoms with Crippen molar-refractivity contribution in [2.24, 2.45) is 0 Å².